The Bertz CT molecular complexity index is 1480. The summed E-state index contributed by atoms with van der Waals surface area (Å²) in [5, 5.41) is 9.40. The molecule has 1 amide bonds. The molecule has 5 heterocycles. The molecule has 2 fully saturated rings. The Morgan fingerprint density at radius 3 is 2.42 bits per heavy atom. The van der Waals surface area contributed by atoms with Gasteiger partial charge in [0, 0.05) is 73.4 Å². The number of hydrogen-bond donors (Lipinski definition) is 1. The first-order valence-corrected chi connectivity index (χ1v) is 13.4. The molecule has 0 aliphatic carbocycles. The first-order chi connectivity index (χ1) is 18.3. The van der Waals surface area contributed by atoms with Crippen LogP contribution in [0.1, 0.15) is 44.3 Å². The van der Waals surface area contributed by atoms with Crippen molar-refractivity contribution < 1.29 is 9.53 Å². The summed E-state index contributed by atoms with van der Waals surface area (Å²) < 4.78 is 6.18. The first kappa shape index (κ1) is 24.9. The van der Waals surface area contributed by atoms with Crippen LogP contribution >= 0.6 is 23.2 Å². The Labute approximate surface area is 230 Å². The average Bonchev–Trinajstić information content (AvgIpc) is 3.46. The molecule has 1 spiro atoms. The van der Waals surface area contributed by atoms with Crippen LogP contribution in [0, 0.1) is 0 Å². The number of aromatic amines is 1. The highest BCUT2D eigenvalue weighted by atomic mass is 35.5. The van der Waals surface area contributed by atoms with Gasteiger partial charge in [-0.15, -0.1) is 0 Å². The number of ether oxygens (including phenoxy) is 1. The van der Waals surface area contributed by atoms with E-state index in [0.717, 1.165) is 54.5 Å². The fourth-order valence-corrected chi connectivity index (χ4v) is 6.29. The summed E-state index contributed by atoms with van der Waals surface area (Å²) in [7, 11) is 1.94. The van der Waals surface area contributed by atoms with Crippen LogP contribution in [0.3, 0.4) is 0 Å². The van der Waals surface area contributed by atoms with E-state index in [1.165, 1.54) is 0 Å². The lowest BCUT2D eigenvalue weighted by molar-refractivity contribution is -0.130. The lowest BCUT2D eigenvalue weighted by Crippen LogP contribution is -2.52. The van der Waals surface area contributed by atoms with Crippen molar-refractivity contribution >= 4 is 46.0 Å². The third-order valence-corrected chi connectivity index (χ3v) is 8.52. The minimum absolute atomic E-state index is 0.00712. The number of aromatic nitrogens is 5. The van der Waals surface area contributed by atoms with E-state index in [0.29, 0.717) is 33.7 Å². The average molecular weight is 552 g/mol. The number of pyridine rings is 1. The predicted molar refractivity (Wildman–Crippen MR) is 147 cm³/mol. The topological polar surface area (TPSA) is 100 Å². The quantitative estimate of drug-likeness (QED) is 0.351. The number of hydrogen-bond acceptors (Lipinski definition) is 7. The van der Waals surface area contributed by atoms with E-state index >= 15 is 0 Å². The van der Waals surface area contributed by atoms with Gasteiger partial charge in [0.25, 0.3) is 0 Å². The number of halogens is 2. The summed E-state index contributed by atoms with van der Waals surface area (Å²) in [6.07, 6.45) is 9.80. The smallest absolute Gasteiger partial charge is 0.225 e. The molecule has 38 heavy (non-hydrogen) atoms. The highest BCUT2D eigenvalue weighted by Crippen LogP contribution is 2.39. The molecule has 0 bridgehead atoms. The summed E-state index contributed by atoms with van der Waals surface area (Å²) in [4.78, 5) is 29.5. The third kappa shape index (κ3) is 4.33. The Morgan fingerprint density at radius 2 is 1.76 bits per heavy atom. The third-order valence-electron chi connectivity index (χ3n) is 7.92. The van der Waals surface area contributed by atoms with Gasteiger partial charge in [-0.05, 0) is 44.4 Å². The molecule has 0 saturated carbocycles. The summed E-state index contributed by atoms with van der Waals surface area (Å²) in [5.41, 5.74) is 3.11. The number of nitrogens with zero attached hydrogens (tertiary/aromatic N) is 6. The van der Waals surface area contributed by atoms with Gasteiger partial charge in [-0.2, -0.15) is 5.10 Å². The van der Waals surface area contributed by atoms with Gasteiger partial charge in [0.1, 0.15) is 17.5 Å². The Kier molecular flexibility index (Phi) is 6.36. The number of anilines is 1. The molecule has 2 saturated heterocycles. The molecule has 6 rings (SSSR count). The fraction of sp³-hybridized carbons (Fsp3) is 0.370. The number of rotatable bonds is 5. The van der Waals surface area contributed by atoms with Crippen LogP contribution in [0.5, 0.6) is 5.75 Å². The van der Waals surface area contributed by atoms with Crippen LogP contribution in [0.2, 0.25) is 10.0 Å². The van der Waals surface area contributed by atoms with Crippen molar-refractivity contribution in [3.8, 4) is 17.0 Å². The lowest BCUT2D eigenvalue weighted by Gasteiger charge is -2.43. The lowest BCUT2D eigenvalue weighted by atomic mass is 9.85. The van der Waals surface area contributed by atoms with Gasteiger partial charge in [-0.25, -0.2) is 9.97 Å². The predicted octanol–water partition coefficient (Wildman–Crippen LogP) is 5.45. The van der Waals surface area contributed by atoms with Crippen molar-refractivity contribution in [2.75, 3.05) is 25.0 Å². The van der Waals surface area contributed by atoms with Crippen molar-refractivity contribution in [2.24, 2.45) is 0 Å². The monoisotopic (exact) mass is 551 g/mol. The van der Waals surface area contributed by atoms with Crippen molar-refractivity contribution in [1.82, 2.24) is 30.0 Å². The van der Waals surface area contributed by atoms with E-state index in [4.69, 9.17) is 27.9 Å². The maximum absolute atomic E-state index is 12.1. The van der Waals surface area contributed by atoms with Crippen LogP contribution in [-0.4, -0.2) is 61.6 Å². The van der Waals surface area contributed by atoms with Crippen LogP contribution in [0.4, 0.5) is 5.95 Å². The number of H-pyrrole nitrogens is 1. The summed E-state index contributed by atoms with van der Waals surface area (Å²) in [6, 6.07) is 5.74. The van der Waals surface area contributed by atoms with Crippen molar-refractivity contribution in [1.29, 1.82) is 0 Å². The van der Waals surface area contributed by atoms with Crippen LogP contribution < -0.4 is 9.64 Å². The summed E-state index contributed by atoms with van der Waals surface area (Å²) in [6.45, 7) is 3.55. The number of piperidine rings is 1. The highest BCUT2D eigenvalue weighted by molar-refractivity contribution is 6.35. The Hall–Kier alpha value is -3.43. The minimum atomic E-state index is -0.376. The van der Waals surface area contributed by atoms with Crippen molar-refractivity contribution in [2.45, 2.75) is 44.2 Å². The molecule has 2 aliphatic rings. The number of nitrogens with one attached hydrogen (secondary N) is 1. The molecule has 1 atom stereocenters. The molecule has 4 aromatic rings. The van der Waals surface area contributed by atoms with Crippen LogP contribution in [-0.2, 0) is 4.79 Å². The molecule has 196 valence electrons. The number of carbonyl (C=O) groups excluding carboxylic acids is 1. The second-order valence-electron chi connectivity index (χ2n) is 9.99. The molecular weight excluding hydrogens is 525 g/mol. The van der Waals surface area contributed by atoms with Crippen molar-refractivity contribution in [3.63, 3.8) is 0 Å². The molecule has 0 radical (unpaired) electrons. The van der Waals surface area contributed by atoms with Gasteiger partial charge in [0.15, 0.2) is 0 Å². The largest absolute Gasteiger partial charge is 0.486 e. The molecule has 1 aromatic carbocycles. The van der Waals surface area contributed by atoms with E-state index in [2.05, 4.69) is 30.0 Å². The highest BCUT2D eigenvalue weighted by Gasteiger charge is 2.45. The maximum atomic E-state index is 12.1. The van der Waals surface area contributed by atoms with Crippen molar-refractivity contribution in [3.05, 3.63) is 58.6 Å². The molecule has 1 N–H and O–H groups in total. The number of amides is 1. The van der Waals surface area contributed by atoms with Crippen LogP contribution in [0.15, 0.2) is 43.0 Å². The second kappa shape index (κ2) is 9.71. The number of likely N-dealkylation sites (tertiary alicyclic amines) is 1. The van der Waals surface area contributed by atoms with E-state index < -0.39 is 0 Å². The molecular formula is C27H27Cl2N7O2. The zero-order valence-electron chi connectivity index (χ0n) is 21.1. The van der Waals surface area contributed by atoms with Gasteiger partial charge in [-0.1, -0.05) is 23.2 Å². The Balaban J connectivity index is 1.19. The van der Waals surface area contributed by atoms with Crippen LogP contribution in [0.25, 0.3) is 22.2 Å². The molecule has 2 aliphatic heterocycles. The standard InChI is InChI=1S/C27H27Cl2N7O2/c1-16(24-20(28)14-30-15-21(24)29)38-18-3-4-22-19(11-18)25(34-33-22)17-12-31-26(32-13-17)36-9-7-27(8-10-36)6-5-23(37)35(27)2/h3-4,11-16H,5-10H2,1-2H3,(H,33,34)/t16-/m1/s1. The van der Waals surface area contributed by atoms with E-state index in [-0.39, 0.29) is 17.6 Å². The minimum Gasteiger partial charge on any atom is -0.486 e. The van der Waals surface area contributed by atoms with Gasteiger partial charge in [0.2, 0.25) is 11.9 Å². The number of carbonyl (C=O) groups is 1. The Morgan fingerprint density at radius 1 is 1.05 bits per heavy atom. The summed E-state index contributed by atoms with van der Waals surface area (Å²) >= 11 is 12.6. The maximum Gasteiger partial charge on any atom is 0.225 e. The zero-order chi connectivity index (χ0) is 26.4. The van der Waals surface area contributed by atoms with Gasteiger partial charge in [-0.3, -0.25) is 14.9 Å². The van der Waals surface area contributed by atoms with Gasteiger partial charge in [0.05, 0.1) is 15.6 Å². The molecule has 0 unspecified atom stereocenters. The van der Waals surface area contributed by atoms with E-state index in [1.54, 1.807) is 24.8 Å². The van der Waals surface area contributed by atoms with E-state index in [9.17, 15) is 4.79 Å². The summed E-state index contributed by atoms with van der Waals surface area (Å²) in [5.74, 6) is 1.60. The fourth-order valence-electron chi connectivity index (χ4n) is 5.61. The van der Waals surface area contributed by atoms with Gasteiger partial charge >= 0.3 is 0 Å². The second-order valence-corrected chi connectivity index (χ2v) is 10.8. The first-order valence-electron chi connectivity index (χ1n) is 12.6. The van der Waals surface area contributed by atoms with E-state index in [1.807, 2.05) is 37.1 Å². The SMILES string of the molecule is C[C@@H](Oc1ccc2[nH]nc(-c3cnc(N4CCC5(CCC(=O)N5C)CC4)nc3)c2c1)c1c(Cl)cncc1Cl. The molecule has 9 nitrogen and oxygen atoms in total. The van der Waals surface area contributed by atoms with Gasteiger partial charge < -0.3 is 14.5 Å². The number of benzene rings is 1. The normalized spacial score (nSPS) is 17.9. The molecule has 11 heteroatoms. The number of fused-ring (bicyclic) bond motifs is 1. The zero-order valence-corrected chi connectivity index (χ0v) is 22.6. The molecule has 3 aromatic heterocycles.